The minimum absolute atomic E-state index is 0. The normalized spacial score (nSPS) is 20.6. The maximum absolute atomic E-state index is 2.00. The van der Waals surface area contributed by atoms with Crippen molar-refractivity contribution in [3.8, 4) is 0 Å². The van der Waals surface area contributed by atoms with E-state index < -0.39 is 0 Å². The van der Waals surface area contributed by atoms with Gasteiger partial charge in [0, 0.05) is 18.6 Å². The zero-order valence-electron chi connectivity index (χ0n) is 8.38. The van der Waals surface area contributed by atoms with Gasteiger partial charge in [-0.05, 0) is 77.0 Å². The van der Waals surface area contributed by atoms with Crippen molar-refractivity contribution in [2.45, 2.75) is 0 Å². The van der Waals surface area contributed by atoms with Crippen LogP contribution in [0.15, 0.2) is 0 Å². The molecular weight excluding hydrogens is 234 g/mol. The summed E-state index contributed by atoms with van der Waals surface area (Å²) < 4.78 is 0. The van der Waals surface area contributed by atoms with Gasteiger partial charge in [-0.3, -0.25) is 0 Å². The SMILES string of the molecule is [CH]1[CH][CH][CH][CH][CH]1.[CH]1[CH][CH][CH][CH][CH]1.[K+].[V]. The first-order valence-corrected chi connectivity index (χ1v) is 4.00. The third-order valence-corrected chi connectivity index (χ3v) is 1.33. The van der Waals surface area contributed by atoms with Crippen LogP contribution in [0.5, 0.6) is 0 Å². The summed E-state index contributed by atoms with van der Waals surface area (Å²) in [6.45, 7) is 0. The van der Waals surface area contributed by atoms with Crippen LogP contribution in [0.25, 0.3) is 0 Å². The van der Waals surface area contributed by atoms with Gasteiger partial charge in [-0.15, -0.1) is 0 Å². The fourth-order valence-electron chi connectivity index (χ4n) is 0.770. The van der Waals surface area contributed by atoms with Crippen molar-refractivity contribution in [1.29, 1.82) is 0 Å². The van der Waals surface area contributed by atoms with Crippen LogP contribution in [0.4, 0.5) is 0 Å². The minimum atomic E-state index is 0. The molecule has 0 aliphatic heterocycles. The molecule has 2 aliphatic rings. The molecular formula is C12H12KV+. The van der Waals surface area contributed by atoms with Crippen molar-refractivity contribution in [3.05, 3.63) is 77.0 Å². The Morgan fingerprint density at radius 1 is 0.286 bits per heavy atom. The third-order valence-electron chi connectivity index (χ3n) is 1.33. The Morgan fingerprint density at radius 2 is 0.357 bits per heavy atom. The minimum Gasteiger partial charge on any atom is -0.0312 e. The molecule has 0 nitrogen and oxygen atoms in total. The van der Waals surface area contributed by atoms with E-state index in [1.807, 2.05) is 77.0 Å². The van der Waals surface area contributed by atoms with Gasteiger partial charge >= 0.3 is 51.4 Å². The molecule has 65 valence electrons. The molecule has 0 unspecified atom stereocenters. The van der Waals surface area contributed by atoms with Crippen LogP contribution in [-0.4, -0.2) is 0 Å². The van der Waals surface area contributed by atoms with Crippen LogP contribution in [0.2, 0.25) is 0 Å². The van der Waals surface area contributed by atoms with Gasteiger partial charge in [-0.25, -0.2) is 0 Å². The van der Waals surface area contributed by atoms with Crippen molar-refractivity contribution in [2.24, 2.45) is 0 Å². The summed E-state index contributed by atoms with van der Waals surface area (Å²) >= 11 is 0. The van der Waals surface area contributed by atoms with Gasteiger partial charge in [-0.1, -0.05) is 0 Å². The zero-order valence-corrected chi connectivity index (χ0v) is 12.9. The van der Waals surface area contributed by atoms with Crippen LogP contribution in [-0.2, 0) is 18.6 Å². The Bertz CT molecular complexity index is 53.3. The number of hydrogen-bond acceptors (Lipinski definition) is 0. The van der Waals surface area contributed by atoms with E-state index in [4.69, 9.17) is 0 Å². The summed E-state index contributed by atoms with van der Waals surface area (Å²) in [4.78, 5) is 0. The molecule has 0 amide bonds. The number of rotatable bonds is 0. The average Bonchev–Trinajstić information content (AvgIpc) is 2.24. The average molecular weight is 246 g/mol. The molecule has 0 N–H and O–H groups in total. The topological polar surface area (TPSA) is 0 Å². The van der Waals surface area contributed by atoms with Gasteiger partial charge in [0.15, 0.2) is 0 Å². The van der Waals surface area contributed by atoms with Crippen molar-refractivity contribution in [2.75, 3.05) is 0 Å². The quantitative estimate of drug-likeness (QED) is 0.503. The largest absolute Gasteiger partial charge is 1.00 e. The summed E-state index contributed by atoms with van der Waals surface area (Å²) in [6.07, 6.45) is 24.0. The van der Waals surface area contributed by atoms with Crippen LogP contribution in [0.3, 0.4) is 0 Å². The number of hydrogen-bond donors (Lipinski definition) is 0. The summed E-state index contributed by atoms with van der Waals surface area (Å²) in [5.41, 5.74) is 0. The first kappa shape index (κ1) is 18.6. The van der Waals surface area contributed by atoms with Gasteiger partial charge in [0.25, 0.3) is 0 Å². The Balaban J connectivity index is 0. The fourth-order valence-corrected chi connectivity index (χ4v) is 0.770. The monoisotopic (exact) mass is 246 g/mol. The van der Waals surface area contributed by atoms with Gasteiger partial charge in [0.05, 0.1) is 0 Å². The molecule has 14 heavy (non-hydrogen) atoms. The summed E-state index contributed by atoms with van der Waals surface area (Å²) in [6, 6.07) is 0. The Morgan fingerprint density at radius 3 is 0.429 bits per heavy atom. The zero-order chi connectivity index (χ0) is 8.49. The molecule has 0 heterocycles. The van der Waals surface area contributed by atoms with E-state index in [0.29, 0.717) is 0 Å². The smallest absolute Gasteiger partial charge is 0.0312 e. The molecule has 2 fully saturated rings. The van der Waals surface area contributed by atoms with Gasteiger partial charge in [0.1, 0.15) is 0 Å². The second-order valence-electron chi connectivity index (χ2n) is 2.31. The van der Waals surface area contributed by atoms with E-state index in [1.165, 1.54) is 0 Å². The maximum Gasteiger partial charge on any atom is 1.00 e. The molecule has 2 heteroatoms. The predicted octanol–water partition coefficient (Wildman–Crippen LogP) is -0.547. The van der Waals surface area contributed by atoms with Crippen LogP contribution >= 0.6 is 0 Å². The Labute approximate surface area is 145 Å². The molecule has 0 aromatic heterocycles. The van der Waals surface area contributed by atoms with Crippen LogP contribution in [0, 0.1) is 77.0 Å². The third kappa shape index (κ3) is 12.3. The van der Waals surface area contributed by atoms with Crippen LogP contribution < -0.4 is 51.4 Å². The molecule has 2 rings (SSSR count). The van der Waals surface area contributed by atoms with E-state index in [2.05, 4.69) is 0 Å². The van der Waals surface area contributed by atoms with Crippen molar-refractivity contribution in [3.63, 3.8) is 0 Å². The molecule has 0 aromatic carbocycles. The molecule has 2 saturated carbocycles. The van der Waals surface area contributed by atoms with Crippen molar-refractivity contribution < 1.29 is 69.9 Å². The van der Waals surface area contributed by atoms with E-state index >= 15 is 0 Å². The molecule has 0 aromatic rings. The molecule has 0 bridgehead atoms. The summed E-state index contributed by atoms with van der Waals surface area (Å²) in [7, 11) is 0. The van der Waals surface area contributed by atoms with Gasteiger partial charge in [0.2, 0.25) is 0 Å². The second-order valence-corrected chi connectivity index (χ2v) is 2.31. The Hall–Kier alpha value is 2.22. The van der Waals surface area contributed by atoms with E-state index in [9.17, 15) is 0 Å². The van der Waals surface area contributed by atoms with Gasteiger partial charge in [-0.2, -0.15) is 0 Å². The van der Waals surface area contributed by atoms with Gasteiger partial charge < -0.3 is 0 Å². The first-order chi connectivity index (χ1) is 6.00. The van der Waals surface area contributed by atoms with E-state index in [-0.39, 0.29) is 69.9 Å². The fraction of sp³-hybridized carbons (Fsp3) is 0. The van der Waals surface area contributed by atoms with E-state index in [1.54, 1.807) is 0 Å². The van der Waals surface area contributed by atoms with Crippen LogP contribution in [0.1, 0.15) is 0 Å². The molecule has 0 saturated heterocycles. The van der Waals surface area contributed by atoms with Crippen molar-refractivity contribution >= 4 is 0 Å². The standard InChI is InChI=1S/2C6H6.K.V/c2*1-2-4-6-5-3-1;;/h2*1-6H;;/q;;+1;. The molecule has 0 atom stereocenters. The van der Waals surface area contributed by atoms with Crippen molar-refractivity contribution in [1.82, 2.24) is 0 Å². The van der Waals surface area contributed by atoms with E-state index in [0.717, 1.165) is 0 Å². The Kier molecular flexibility index (Phi) is 20.2. The maximum atomic E-state index is 2.00. The molecule has 2 aliphatic carbocycles. The molecule has 0 spiro atoms. The molecule has 13 radical (unpaired) electrons. The first-order valence-electron chi connectivity index (χ1n) is 4.00. The second kappa shape index (κ2) is 15.2. The predicted molar refractivity (Wildman–Crippen MR) is 51.6 cm³/mol. The summed E-state index contributed by atoms with van der Waals surface area (Å²) in [5, 5.41) is 0. The summed E-state index contributed by atoms with van der Waals surface area (Å²) in [5.74, 6) is 0.